The second-order valence-corrected chi connectivity index (χ2v) is 5.98. The molecule has 1 atom stereocenters. The Balaban J connectivity index is 1.85. The first-order valence-electron chi connectivity index (χ1n) is 8.70. The molecule has 0 bridgehead atoms. The zero-order valence-corrected chi connectivity index (χ0v) is 15.1. The molecule has 1 fully saturated rings. The van der Waals surface area contributed by atoms with Gasteiger partial charge < -0.3 is 14.8 Å². The summed E-state index contributed by atoms with van der Waals surface area (Å²) in [5, 5.41) is 4.70. The molecule has 1 aliphatic rings. The van der Waals surface area contributed by atoms with Crippen LogP contribution in [-0.4, -0.2) is 55.7 Å². The Hall–Kier alpha value is -2.28. The fourth-order valence-corrected chi connectivity index (χ4v) is 2.83. The Morgan fingerprint density at radius 1 is 1.24 bits per heavy atom. The largest absolute Gasteiger partial charge is 0.490 e. The normalized spacial score (nSPS) is 16.8. The van der Waals surface area contributed by atoms with E-state index in [0.717, 1.165) is 37.4 Å². The molecular formula is C18H27N3O4. The molecule has 2 rings (SSSR count). The molecular weight excluding hydrogens is 322 g/mol. The molecule has 1 aromatic rings. The molecule has 0 aromatic heterocycles. The topological polar surface area (TPSA) is 79.9 Å². The zero-order valence-electron chi connectivity index (χ0n) is 15.1. The third kappa shape index (κ3) is 5.35. The lowest BCUT2D eigenvalue weighted by molar-refractivity contribution is -0.125. The first-order valence-corrected chi connectivity index (χ1v) is 8.70. The molecule has 1 saturated heterocycles. The van der Waals surface area contributed by atoms with Crippen LogP contribution in [0.4, 0.5) is 4.79 Å². The van der Waals surface area contributed by atoms with Crippen LogP contribution in [0.1, 0.15) is 26.7 Å². The Morgan fingerprint density at radius 2 is 1.88 bits per heavy atom. The number of nitrogens with one attached hydrogen (secondary N) is 2. The highest BCUT2D eigenvalue weighted by molar-refractivity contribution is 5.96. The number of urea groups is 1. The highest BCUT2D eigenvalue weighted by Gasteiger charge is 2.28. The van der Waals surface area contributed by atoms with Gasteiger partial charge in [-0.25, -0.2) is 4.79 Å². The van der Waals surface area contributed by atoms with Crippen molar-refractivity contribution in [3.05, 3.63) is 24.3 Å². The third-order valence-electron chi connectivity index (χ3n) is 4.31. The van der Waals surface area contributed by atoms with Crippen LogP contribution >= 0.6 is 0 Å². The van der Waals surface area contributed by atoms with Crippen molar-refractivity contribution in [2.75, 3.05) is 26.7 Å². The van der Waals surface area contributed by atoms with Gasteiger partial charge in [0.25, 0.3) is 0 Å². The number of ether oxygens (including phenoxy) is 2. The second-order valence-electron chi connectivity index (χ2n) is 5.98. The van der Waals surface area contributed by atoms with Crippen LogP contribution in [0.15, 0.2) is 24.3 Å². The van der Waals surface area contributed by atoms with E-state index >= 15 is 0 Å². The van der Waals surface area contributed by atoms with Gasteiger partial charge >= 0.3 is 6.03 Å². The lowest BCUT2D eigenvalue weighted by Gasteiger charge is -2.35. The summed E-state index contributed by atoms with van der Waals surface area (Å²) in [6.07, 6.45) is 1.72. The van der Waals surface area contributed by atoms with E-state index in [1.807, 2.05) is 38.1 Å². The van der Waals surface area contributed by atoms with E-state index in [-0.39, 0.29) is 18.1 Å². The van der Waals surface area contributed by atoms with Crippen molar-refractivity contribution in [3.63, 3.8) is 0 Å². The van der Waals surface area contributed by atoms with Crippen molar-refractivity contribution < 1.29 is 19.1 Å². The number of benzene rings is 1. The van der Waals surface area contributed by atoms with E-state index < -0.39 is 6.03 Å². The number of hydrogen-bond donors (Lipinski definition) is 2. The molecule has 7 heteroatoms. The van der Waals surface area contributed by atoms with Gasteiger partial charge in [0.2, 0.25) is 5.91 Å². The maximum Gasteiger partial charge on any atom is 0.321 e. The molecule has 2 N–H and O–H groups in total. The van der Waals surface area contributed by atoms with Gasteiger partial charge in [0.05, 0.1) is 12.6 Å². The van der Waals surface area contributed by atoms with E-state index in [9.17, 15) is 9.59 Å². The summed E-state index contributed by atoms with van der Waals surface area (Å²) >= 11 is 0. The molecule has 0 spiro atoms. The number of imide groups is 1. The van der Waals surface area contributed by atoms with Crippen molar-refractivity contribution in [2.45, 2.75) is 38.8 Å². The minimum absolute atomic E-state index is 0.0899. The van der Waals surface area contributed by atoms with Crippen molar-refractivity contribution >= 4 is 11.9 Å². The Kier molecular flexibility index (Phi) is 7.06. The summed E-state index contributed by atoms with van der Waals surface area (Å²) < 4.78 is 11.7. The maximum atomic E-state index is 12.0. The van der Waals surface area contributed by atoms with Gasteiger partial charge in [-0.2, -0.15) is 0 Å². The monoisotopic (exact) mass is 349 g/mol. The van der Waals surface area contributed by atoms with Crippen LogP contribution < -0.4 is 20.1 Å². The number of carbonyl (C=O) groups excluding carboxylic acids is 2. The summed E-state index contributed by atoms with van der Waals surface area (Å²) in [6.45, 7) is 5.83. The second kappa shape index (κ2) is 9.27. The van der Waals surface area contributed by atoms with Crippen molar-refractivity contribution in [3.8, 4) is 11.5 Å². The number of hydrogen-bond acceptors (Lipinski definition) is 5. The molecule has 0 saturated carbocycles. The summed E-state index contributed by atoms with van der Waals surface area (Å²) in [5.41, 5.74) is 0. The smallest absolute Gasteiger partial charge is 0.321 e. The molecule has 138 valence electrons. The van der Waals surface area contributed by atoms with E-state index in [4.69, 9.17) is 9.47 Å². The molecule has 1 heterocycles. The standard InChI is InChI=1S/C18H27N3O4/c1-4-24-15-7-5-6-8-16(15)25-14-9-11-21(12-10-14)13(2)17(22)20-18(23)19-3/h5-8,13-14H,4,9-12H2,1-3H3,(H2,19,20,22,23). The lowest BCUT2D eigenvalue weighted by Crippen LogP contribution is -2.52. The van der Waals surface area contributed by atoms with Gasteiger partial charge in [0.15, 0.2) is 11.5 Å². The lowest BCUT2D eigenvalue weighted by atomic mass is 10.1. The Bertz CT molecular complexity index is 585. The zero-order chi connectivity index (χ0) is 18.2. The Labute approximate surface area is 148 Å². The summed E-state index contributed by atoms with van der Waals surface area (Å²) in [6, 6.07) is 6.83. The molecule has 3 amide bonds. The van der Waals surface area contributed by atoms with E-state index in [1.165, 1.54) is 7.05 Å². The third-order valence-corrected chi connectivity index (χ3v) is 4.31. The van der Waals surface area contributed by atoms with Gasteiger partial charge in [-0.05, 0) is 38.8 Å². The number of carbonyl (C=O) groups is 2. The molecule has 1 aromatic carbocycles. The number of piperidine rings is 1. The van der Waals surface area contributed by atoms with Crippen LogP contribution in [0, 0.1) is 0 Å². The fourth-order valence-electron chi connectivity index (χ4n) is 2.83. The van der Waals surface area contributed by atoms with Gasteiger partial charge in [-0.1, -0.05) is 12.1 Å². The first-order chi connectivity index (χ1) is 12.0. The summed E-state index contributed by atoms with van der Waals surface area (Å²) in [5.74, 6) is 1.22. The van der Waals surface area contributed by atoms with Crippen LogP contribution in [0.3, 0.4) is 0 Å². The molecule has 0 aliphatic carbocycles. The SMILES string of the molecule is CCOc1ccccc1OC1CCN(C(C)C(=O)NC(=O)NC)CC1. The van der Waals surface area contributed by atoms with Crippen LogP contribution in [0.5, 0.6) is 11.5 Å². The maximum absolute atomic E-state index is 12.0. The van der Waals surface area contributed by atoms with Crippen LogP contribution in [0.2, 0.25) is 0 Å². The van der Waals surface area contributed by atoms with Crippen LogP contribution in [-0.2, 0) is 4.79 Å². The molecule has 0 radical (unpaired) electrons. The van der Waals surface area contributed by atoms with Crippen molar-refractivity contribution in [2.24, 2.45) is 0 Å². The number of nitrogens with zero attached hydrogens (tertiary/aromatic N) is 1. The van der Waals surface area contributed by atoms with E-state index in [0.29, 0.717) is 6.61 Å². The average molecular weight is 349 g/mol. The first kappa shape index (κ1) is 19.1. The van der Waals surface area contributed by atoms with Crippen molar-refractivity contribution in [1.82, 2.24) is 15.5 Å². The number of rotatable bonds is 6. The minimum atomic E-state index is -0.484. The molecule has 7 nitrogen and oxygen atoms in total. The van der Waals surface area contributed by atoms with Crippen molar-refractivity contribution in [1.29, 1.82) is 0 Å². The number of likely N-dealkylation sites (tertiary alicyclic amines) is 1. The number of amides is 3. The molecule has 1 unspecified atom stereocenters. The highest BCUT2D eigenvalue weighted by Crippen LogP contribution is 2.29. The van der Waals surface area contributed by atoms with Crippen LogP contribution in [0.25, 0.3) is 0 Å². The molecule has 1 aliphatic heterocycles. The van der Waals surface area contributed by atoms with E-state index in [1.54, 1.807) is 0 Å². The molecule has 25 heavy (non-hydrogen) atoms. The van der Waals surface area contributed by atoms with Gasteiger partial charge in [0, 0.05) is 20.1 Å². The average Bonchev–Trinajstić information content (AvgIpc) is 2.63. The van der Waals surface area contributed by atoms with Gasteiger partial charge in [-0.15, -0.1) is 0 Å². The summed E-state index contributed by atoms with van der Waals surface area (Å²) in [7, 11) is 1.48. The summed E-state index contributed by atoms with van der Waals surface area (Å²) in [4.78, 5) is 25.4. The van der Waals surface area contributed by atoms with E-state index in [2.05, 4.69) is 15.5 Å². The van der Waals surface area contributed by atoms with Gasteiger partial charge in [-0.3, -0.25) is 15.0 Å². The highest BCUT2D eigenvalue weighted by atomic mass is 16.5. The predicted octanol–water partition coefficient (Wildman–Crippen LogP) is 1.77. The quantitative estimate of drug-likeness (QED) is 0.818. The fraction of sp³-hybridized carbons (Fsp3) is 0.556. The Morgan fingerprint density at radius 3 is 2.48 bits per heavy atom. The minimum Gasteiger partial charge on any atom is -0.490 e. The van der Waals surface area contributed by atoms with Gasteiger partial charge in [0.1, 0.15) is 6.10 Å². The number of para-hydroxylation sites is 2. The predicted molar refractivity (Wildman–Crippen MR) is 94.9 cm³/mol.